The molecule has 0 spiro atoms. The summed E-state index contributed by atoms with van der Waals surface area (Å²) >= 11 is 0. The van der Waals surface area contributed by atoms with Gasteiger partial charge in [-0.2, -0.15) is 0 Å². The van der Waals surface area contributed by atoms with Crippen LogP contribution in [0.3, 0.4) is 0 Å². The molecule has 2 N–H and O–H groups in total. The summed E-state index contributed by atoms with van der Waals surface area (Å²) in [5, 5.41) is 5.72. The van der Waals surface area contributed by atoms with Gasteiger partial charge in [0, 0.05) is 12.1 Å². The van der Waals surface area contributed by atoms with Gasteiger partial charge in [0.1, 0.15) is 5.75 Å². The topological polar surface area (TPSA) is 50.4 Å². The van der Waals surface area contributed by atoms with Crippen LogP contribution >= 0.6 is 0 Å². The molecule has 0 heterocycles. The molecule has 1 aromatic carbocycles. The van der Waals surface area contributed by atoms with E-state index in [2.05, 4.69) is 17.6 Å². The molecule has 1 aromatic rings. The fourth-order valence-corrected chi connectivity index (χ4v) is 1.68. The minimum Gasteiger partial charge on any atom is -0.494 e. The fourth-order valence-electron chi connectivity index (χ4n) is 1.68. The molecule has 4 nitrogen and oxygen atoms in total. The van der Waals surface area contributed by atoms with E-state index in [-0.39, 0.29) is 11.6 Å². The van der Waals surface area contributed by atoms with E-state index in [0.717, 1.165) is 25.2 Å². The maximum absolute atomic E-state index is 11.6. The molecule has 0 aliphatic heterocycles. The lowest BCUT2D eigenvalue weighted by atomic mass is 10.1. The number of nitrogens with one attached hydrogen (secondary N) is 2. The molecule has 0 atom stereocenters. The average Bonchev–Trinajstić information content (AvgIpc) is 2.35. The fraction of sp³-hybridized carbons (Fsp3) is 0.562. The maximum atomic E-state index is 11.6. The van der Waals surface area contributed by atoms with E-state index in [0.29, 0.717) is 6.54 Å². The minimum atomic E-state index is -0.206. The Hall–Kier alpha value is -1.71. The summed E-state index contributed by atoms with van der Waals surface area (Å²) in [6, 6.07) is 7.89. The van der Waals surface area contributed by atoms with Crippen molar-refractivity contribution in [2.24, 2.45) is 0 Å². The number of benzene rings is 1. The second-order valence-corrected chi connectivity index (χ2v) is 5.87. The first kappa shape index (κ1) is 16.3. The molecule has 1 rings (SSSR count). The molecule has 0 aromatic heterocycles. The largest absolute Gasteiger partial charge is 0.494 e. The van der Waals surface area contributed by atoms with Crippen LogP contribution in [0.1, 0.15) is 39.7 Å². The van der Waals surface area contributed by atoms with Gasteiger partial charge in [0.15, 0.2) is 0 Å². The quantitative estimate of drug-likeness (QED) is 0.840. The summed E-state index contributed by atoms with van der Waals surface area (Å²) in [5.41, 5.74) is 0.979. The number of carbonyl (C=O) groups is 1. The highest BCUT2D eigenvalue weighted by Gasteiger charge is 2.12. The van der Waals surface area contributed by atoms with Crippen LogP contribution in [0.4, 0.5) is 4.79 Å². The number of urea groups is 1. The summed E-state index contributed by atoms with van der Waals surface area (Å²) in [6.07, 6.45) is 1.82. The number of hydrogen-bond donors (Lipinski definition) is 2. The molecule has 0 aliphatic rings. The van der Waals surface area contributed by atoms with Gasteiger partial charge in [-0.3, -0.25) is 0 Å². The molecule has 0 saturated carbocycles. The molecule has 0 radical (unpaired) electrons. The summed E-state index contributed by atoms with van der Waals surface area (Å²) in [4.78, 5) is 11.6. The minimum absolute atomic E-state index is 0.125. The highest BCUT2D eigenvalue weighted by Crippen LogP contribution is 2.12. The number of ether oxygens (including phenoxy) is 1. The Morgan fingerprint density at radius 2 is 1.85 bits per heavy atom. The van der Waals surface area contributed by atoms with E-state index in [4.69, 9.17) is 4.74 Å². The van der Waals surface area contributed by atoms with Crippen LogP contribution in [0.2, 0.25) is 0 Å². The van der Waals surface area contributed by atoms with Crippen molar-refractivity contribution >= 4 is 6.03 Å². The summed E-state index contributed by atoms with van der Waals surface area (Å²) in [6.45, 7) is 9.33. The van der Waals surface area contributed by atoms with E-state index in [1.807, 2.05) is 45.0 Å². The Morgan fingerprint density at radius 1 is 1.20 bits per heavy atom. The lowest BCUT2D eigenvalue weighted by molar-refractivity contribution is 0.232. The van der Waals surface area contributed by atoms with Crippen molar-refractivity contribution in [2.45, 2.75) is 46.1 Å². The van der Waals surface area contributed by atoms with Gasteiger partial charge in [0.25, 0.3) is 0 Å². The third-order valence-electron chi connectivity index (χ3n) is 2.58. The predicted molar refractivity (Wildman–Crippen MR) is 82.2 cm³/mol. The molecule has 0 bridgehead atoms. The van der Waals surface area contributed by atoms with Crippen molar-refractivity contribution in [3.8, 4) is 5.75 Å². The molecule has 20 heavy (non-hydrogen) atoms. The van der Waals surface area contributed by atoms with Crippen LogP contribution < -0.4 is 15.4 Å². The Morgan fingerprint density at radius 3 is 2.40 bits per heavy atom. The Bertz CT molecular complexity index is 407. The Balaban J connectivity index is 2.30. The molecule has 2 amide bonds. The van der Waals surface area contributed by atoms with Crippen molar-refractivity contribution in [2.75, 3.05) is 13.2 Å². The van der Waals surface area contributed by atoms with E-state index >= 15 is 0 Å². The van der Waals surface area contributed by atoms with Crippen LogP contribution in [0.5, 0.6) is 5.75 Å². The van der Waals surface area contributed by atoms with Crippen LogP contribution in [0.15, 0.2) is 24.3 Å². The summed E-state index contributed by atoms with van der Waals surface area (Å²) < 4.78 is 5.53. The normalized spacial score (nSPS) is 11.0. The Labute approximate surface area is 121 Å². The van der Waals surface area contributed by atoms with Crippen molar-refractivity contribution in [1.29, 1.82) is 0 Å². The zero-order valence-electron chi connectivity index (χ0n) is 13.0. The Kier molecular flexibility index (Phi) is 6.36. The average molecular weight is 278 g/mol. The number of amides is 2. The number of hydrogen-bond acceptors (Lipinski definition) is 2. The first-order valence-corrected chi connectivity index (χ1v) is 7.18. The standard InChI is InChI=1S/C16H26N2O2/c1-5-12-20-14-8-6-13(7-9-14)10-11-17-15(19)18-16(2,3)4/h6-9H,5,10-12H2,1-4H3,(H2,17,18,19). The van der Waals surface area contributed by atoms with Gasteiger partial charge in [-0.1, -0.05) is 19.1 Å². The lowest BCUT2D eigenvalue weighted by Crippen LogP contribution is -2.46. The van der Waals surface area contributed by atoms with Crippen molar-refractivity contribution in [3.63, 3.8) is 0 Å². The third-order valence-corrected chi connectivity index (χ3v) is 2.58. The SMILES string of the molecule is CCCOc1ccc(CCNC(=O)NC(C)(C)C)cc1. The van der Waals surface area contributed by atoms with Gasteiger partial charge in [0.2, 0.25) is 0 Å². The van der Waals surface area contributed by atoms with Crippen LogP contribution in [-0.2, 0) is 6.42 Å². The zero-order chi connectivity index (χ0) is 15.0. The van der Waals surface area contributed by atoms with Gasteiger partial charge in [-0.05, 0) is 51.3 Å². The van der Waals surface area contributed by atoms with Gasteiger partial charge in [-0.25, -0.2) is 4.79 Å². The molecule has 4 heteroatoms. The van der Waals surface area contributed by atoms with Gasteiger partial charge < -0.3 is 15.4 Å². The van der Waals surface area contributed by atoms with Crippen LogP contribution in [0, 0.1) is 0 Å². The maximum Gasteiger partial charge on any atom is 0.315 e. The molecule has 112 valence electrons. The van der Waals surface area contributed by atoms with Crippen LogP contribution in [0.25, 0.3) is 0 Å². The molecule has 0 aliphatic carbocycles. The third kappa shape index (κ3) is 7.02. The first-order valence-electron chi connectivity index (χ1n) is 7.18. The lowest BCUT2D eigenvalue weighted by Gasteiger charge is -2.20. The summed E-state index contributed by atoms with van der Waals surface area (Å²) in [7, 11) is 0. The van der Waals surface area contributed by atoms with Gasteiger partial charge in [-0.15, -0.1) is 0 Å². The van der Waals surface area contributed by atoms with Crippen molar-refractivity contribution in [1.82, 2.24) is 10.6 Å². The number of rotatable bonds is 6. The zero-order valence-corrected chi connectivity index (χ0v) is 13.0. The molecule has 0 unspecified atom stereocenters. The van der Waals surface area contributed by atoms with E-state index in [9.17, 15) is 4.79 Å². The molecule has 0 fully saturated rings. The van der Waals surface area contributed by atoms with Crippen LogP contribution in [-0.4, -0.2) is 24.7 Å². The highest BCUT2D eigenvalue weighted by molar-refractivity contribution is 5.74. The molecule has 0 saturated heterocycles. The highest BCUT2D eigenvalue weighted by atomic mass is 16.5. The van der Waals surface area contributed by atoms with Gasteiger partial charge >= 0.3 is 6.03 Å². The monoisotopic (exact) mass is 278 g/mol. The first-order chi connectivity index (χ1) is 9.40. The summed E-state index contributed by atoms with van der Waals surface area (Å²) in [5.74, 6) is 0.897. The van der Waals surface area contributed by atoms with Crippen molar-refractivity contribution in [3.05, 3.63) is 29.8 Å². The second kappa shape index (κ2) is 7.78. The number of carbonyl (C=O) groups excluding carboxylic acids is 1. The smallest absolute Gasteiger partial charge is 0.315 e. The van der Waals surface area contributed by atoms with Gasteiger partial charge in [0.05, 0.1) is 6.61 Å². The van der Waals surface area contributed by atoms with Crippen molar-refractivity contribution < 1.29 is 9.53 Å². The molecular formula is C16H26N2O2. The second-order valence-electron chi connectivity index (χ2n) is 5.87. The van der Waals surface area contributed by atoms with E-state index in [1.165, 1.54) is 5.56 Å². The van der Waals surface area contributed by atoms with E-state index < -0.39 is 0 Å². The molecular weight excluding hydrogens is 252 g/mol. The predicted octanol–water partition coefficient (Wildman–Crippen LogP) is 3.12. The van der Waals surface area contributed by atoms with E-state index in [1.54, 1.807) is 0 Å².